The van der Waals surface area contributed by atoms with Crippen molar-refractivity contribution in [2.24, 2.45) is 0 Å². The molecule has 0 aliphatic heterocycles. The van der Waals surface area contributed by atoms with Crippen molar-refractivity contribution in [1.29, 1.82) is 5.26 Å². The monoisotopic (exact) mass is 329 g/mol. The van der Waals surface area contributed by atoms with Crippen LogP contribution in [0.15, 0.2) is 73.1 Å². The second kappa shape index (κ2) is 8.62. The minimum atomic E-state index is 0.504. The van der Waals surface area contributed by atoms with Crippen LogP contribution in [0.3, 0.4) is 0 Å². The Kier molecular flexibility index (Phi) is 5.76. The molecule has 0 bridgehead atoms. The Morgan fingerprint density at radius 2 is 1.76 bits per heavy atom. The van der Waals surface area contributed by atoms with E-state index in [0.717, 1.165) is 23.2 Å². The van der Waals surface area contributed by atoms with Gasteiger partial charge in [0.05, 0.1) is 5.56 Å². The summed E-state index contributed by atoms with van der Waals surface area (Å²) in [7, 11) is 0. The third-order valence-corrected chi connectivity index (χ3v) is 3.78. The normalized spacial score (nSPS) is 10.2. The third-order valence-electron chi connectivity index (χ3n) is 3.78. The second-order valence-electron chi connectivity index (χ2n) is 5.58. The molecule has 0 atom stereocenters. The van der Waals surface area contributed by atoms with Crippen molar-refractivity contribution < 1.29 is 4.74 Å². The maximum Gasteiger partial charge on any atom is 0.137 e. The summed E-state index contributed by atoms with van der Waals surface area (Å²) in [4.78, 5) is 4.32. The van der Waals surface area contributed by atoms with Crippen molar-refractivity contribution in [3.05, 3.63) is 84.2 Å². The highest BCUT2D eigenvalue weighted by atomic mass is 16.5. The minimum Gasteiger partial charge on any atom is -0.491 e. The van der Waals surface area contributed by atoms with Crippen LogP contribution in [0.2, 0.25) is 0 Å². The highest BCUT2D eigenvalue weighted by molar-refractivity contribution is 5.62. The molecule has 0 unspecified atom stereocenters. The van der Waals surface area contributed by atoms with E-state index in [1.165, 1.54) is 0 Å². The molecule has 0 aliphatic rings. The fraction of sp³-hybridized carbons (Fsp3) is 0.143. The second-order valence-corrected chi connectivity index (χ2v) is 5.58. The van der Waals surface area contributed by atoms with E-state index in [2.05, 4.69) is 34.6 Å². The topological polar surface area (TPSA) is 57.9 Å². The highest BCUT2D eigenvalue weighted by Gasteiger charge is 2.02. The first-order valence-electron chi connectivity index (χ1n) is 8.19. The first kappa shape index (κ1) is 16.7. The maximum absolute atomic E-state index is 9.04. The van der Waals surface area contributed by atoms with E-state index in [9.17, 15) is 0 Å². The van der Waals surface area contributed by atoms with Crippen LogP contribution in [0, 0.1) is 11.3 Å². The van der Waals surface area contributed by atoms with Crippen molar-refractivity contribution in [2.45, 2.75) is 6.54 Å². The molecule has 0 saturated carbocycles. The van der Waals surface area contributed by atoms with E-state index in [1.54, 1.807) is 6.07 Å². The molecule has 1 heterocycles. The summed E-state index contributed by atoms with van der Waals surface area (Å²) in [6, 6.07) is 21.7. The van der Waals surface area contributed by atoms with Crippen LogP contribution in [-0.2, 0) is 6.54 Å². The van der Waals surface area contributed by atoms with Crippen LogP contribution >= 0.6 is 0 Å². The zero-order valence-electron chi connectivity index (χ0n) is 13.9. The Morgan fingerprint density at radius 3 is 2.60 bits per heavy atom. The number of benzene rings is 2. The van der Waals surface area contributed by atoms with E-state index >= 15 is 0 Å². The standard InChI is InChI=1S/C21H19N3O/c22-13-19-8-4-5-9-21(19)25-11-10-23-14-17-12-20(16-24-15-17)18-6-2-1-3-7-18/h1-9,12,15-16,23H,10-11,14H2. The molecule has 0 radical (unpaired) electrons. The van der Waals surface area contributed by atoms with Gasteiger partial charge >= 0.3 is 0 Å². The van der Waals surface area contributed by atoms with Crippen molar-refractivity contribution in [3.8, 4) is 22.9 Å². The summed E-state index contributed by atoms with van der Waals surface area (Å²) in [5.41, 5.74) is 3.95. The molecule has 1 aromatic heterocycles. The summed E-state index contributed by atoms with van der Waals surface area (Å²) < 4.78 is 5.66. The fourth-order valence-corrected chi connectivity index (χ4v) is 2.52. The van der Waals surface area contributed by atoms with Gasteiger partial charge in [-0.1, -0.05) is 42.5 Å². The van der Waals surface area contributed by atoms with Crippen molar-refractivity contribution in [3.63, 3.8) is 0 Å². The van der Waals surface area contributed by atoms with Crippen molar-refractivity contribution >= 4 is 0 Å². The van der Waals surface area contributed by atoms with E-state index in [1.807, 2.05) is 48.8 Å². The number of nitriles is 1. The number of hydrogen-bond acceptors (Lipinski definition) is 4. The Balaban J connectivity index is 1.49. The number of para-hydroxylation sites is 1. The average molecular weight is 329 g/mol. The molecule has 0 amide bonds. The molecule has 1 N–H and O–H groups in total. The first-order valence-corrected chi connectivity index (χ1v) is 8.19. The summed E-state index contributed by atoms with van der Waals surface area (Å²) in [5, 5.41) is 12.4. The number of aromatic nitrogens is 1. The van der Waals surface area contributed by atoms with Crippen LogP contribution in [0.25, 0.3) is 11.1 Å². The maximum atomic E-state index is 9.04. The third kappa shape index (κ3) is 4.66. The van der Waals surface area contributed by atoms with Gasteiger partial charge in [0.15, 0.2) is 0 Å². The highest BCUT2D eigenvalue weighted by Crippen LogP contribution is 2.19. The molecular formula is C21H19N3O. The van der Waals surface area contributed by atoms with E-state index in [0.29, 0.717) is 24.5 Å². The molecule has 0 aliphatic carbocycles. The number of hydrogen-bond donors (Lipinski definition) is 1. The molecule has 0 saturated heterocycles. The summed E-state index contributed by atoms with van der Waals surface area (Å²) in [6.45, 7) is 1.91. The van der Waals surface area contributed by atoms with Gasteiger partial charge in [-0.3, -0.25) is 4.98 Å². The van der Waals surface area contributed by atoms with Gasteiger partial charge in [0.2, 0.25) is 0 Å². The Morgan fingerprint density at radius 1 is 0.960 bits per heavy atom. The zero-order chi connectivity index (χ0) is 17.3. The minimum absolute atomic E-state index is 0.504. The van der Waals surface area contributed by atoms with E-state index in [4.69, 9.17) is 10.00 Å². The predicted octanol–water partition coefficient (Wildman–Crippen LogP) is 3.79. The van der Waals surface area contributed by atoms with Gasteiger partial charge in [0, 0.05) is 31.0 Å². The summed E-state index contributed by atoms with van der Waals surface area (Å²) in [5.74, 6) is 0.625. The quantitative estimate of drug-likeness (QED) is 0.670. The van der Waals surface area contributed by atoms with Crippen LogP contribution < -0.4 is 10.1 Å². The van der Waals surface area contributed by atoms with E-state index in [-0.39, 0.29) is 0 Å². The van der Waals surface area contributed by atoms with Gasteiger partial charge < -0.3 is 10.1 Å². The van der Waals surface area contributed by atoms with Crippen molar-refractivity contribution in [1.82, 2.24) is 10.3 Å². The molecule has 2 aromatic carbocycles. The van der Waals surface area contributed by atoms with E-state index < -0.39 is 0 Å². The molecule has 3 rings (SSSR count). The lowest BCUT2D eigenvalue weighted by Crippen LogP contribution is -2.20. The molecule has 4 nitrogen and oxygen atoms in total. The number of nitrogens with zero attached hydrogens (tertiary/aromatic N) is 2. The molecule has 0 spiro atoms. The van der Waals surface area contributed by atoms with Gasteiger partial charge in [0.25, 0.3) is 0 Å². The number of rotatable bonds is 7. The average Bonchev–Trinajstić information content (AvgIpc) is 2.69. The SMILES string of the molecule is N#Cc1ccccc1OCCNCc1cncc(-c2ccccc2)c1. The zero-order valence-corrected chi connectivity index (χ0v) is 13.9. The number of pyridine rings is 1. The molecular weight excluding hydrogens is 310 g/mol. The Bertz CT molecular complexity index is 856. The first-order chi connectivity index (χ1) is 12.4. The molecule has 4 heteroatoms. The smallest absolute Gasteiger partial charge is 0.137 e. The molecule has 25 heavy (non-hydrogen) atoms. The fourth-order valence-electron chi connectivity index (χ4n) is 2.52. The molecule has 3 aromatic rings. The van der Waals surface area contributed by atoms with Gasteiger partial charge in [-0.15, -0.1) is 0 Å². The van der Waals surface area contributed by atoms with Crippen LogP contribution in [0.4, 0.5) is 0 Å². The Hall–Kier alpha value is -3.16. The van der Waals surface area contributed by atoms with Gasteiger partial charge in [-0.25, -0.2) is 0 Å². The lowest BCUT2D eigenvalue weighted by Gasteiger charge is -2.09. The summed E-state index contributed by atoms with van der Waals surface area (Å²) in [6.07, 6.45) is 3.74. The van der Waals surface area contributed by atoms with Crippen molar-refractivity contribution in [2.75, 3.05) is 13.2 Å². The van der Waals surface area contributed by atoms with Gasteiger partial charge in [-0.2, -0.15) is 5.26 Å². The van der Waals surface area contributed by atoms with Gasteiger partial charge in [0.1, 0.15) is 18.4 Å². The molecule has 124 valence electrons. The lowest BCUT2D eigenvalue weighted by molar-refractivity contribution is 0.313. The van der Waals surface area contributed by atoms with Crippen LogP contribution in [0.5, 0.6) is 5.75 Å². The Labute approximate surface area is 147 Å². The number of ether oxygens (including phenoxy) is 1. The lowest BCUT2D eigenvalue weighted by atomic mass is 10.1. The van der Waals surface area contributed by atoms with Gasteiger partial charge in [-0.05, 0) is 29.3 Å². The largest absolute Gasteiger partial charge is 0.491 e. The summed E-state index contributed by atoms with van der Waals surface area (Å²) >= 11 is 0. The van der Waals surface area contributed by atoms with Crippen LogP contribution in [0.1, 0.15) is 11.1 Å². The predicted molar refractivity (Wildman–Crippen MR) is 98.0 cm³/mol. The number of nitrogens with one attached hydrogen (secondary N) is 1. The molecule has 0 fully saturated rings. The van der Waals surface area contributed by atoms with Crippen LogP contribution in [-0.4, -0.2) is 18.1 Å².